The van der Waals surface area contributed by atoms with Crippen molar-refractivity contribution < 1.29 is 80.2 Å². The van der Waals surface area contributed by atoms with Gasteiger partial charge in [-0.05, 0) is 43.4 Å². The summed E-state index contributed by atoms with van der Waals surface area (Å²) in [6.45, 7) is 12.0. The molecule has 0 heterocycles. The van der Waals surface area contributed by atoms with Gasteiger partial charge in [0.05, 0.1) is 26.4 Å². The van der Waals surface area contributed by atoms with Crippen molar-refractivity contribution in [1.82, 2.24) is 0 Å². The molecule has 0 rings (SSSR count). The van der Waals surface area contributed by atoms with Gasteiger partial charge in [-0.15, -0.1) is 0 Å². The number of rotatable bonds is 77. The maximum Gasteiger partial charge on any atom is 0.472 e. The summed E-state index contributed by atoms with van der Waals surface area (Å²) in [6.07, 6.45) is 56.7. The number of esters is 4. The molecule has 0 aromatic heterocycles. The monoisotopic (exact) mass is 1440 g/mol. The van der Waals surface area contributed by atoms with Crippen LogP contribution in [-0.2, 0) is 65.4 Å². The first-order valence-electron chi connectivity index (χ1n) is 40.9. The Balaban J connectivity index is 5.25. The maximum atomic E-state index is 13.1. The Morgan fingerprint density at radius 1 is 0.296 bits per heavy atom. The summed E-state index contributed by atoms with van der Waals surface area (Å²) in [6, 6.07) is 0. The minimum atomic E-state index is -4.96. The van der Waals surface area contributed by atoms with Gasteiger partial charge in [0.2, 0.25) is 0 Å². The van der Waals surface area contributed by atoms with E-state index in [0.717, 1.165) is 108 Å². The average Bonchev–Trinajstić information content (AvgIpc) is 1.04. The van der Waals surface area contributed by atoms with E-state index in [1.165, 1.54) is 218 Å². The number of aliphatic hydroxyl groups excluding tert-OH is 1. The first-order chi connectivity index (χ1) is 47.3. The molecule has 0 amide bonds. The molecule has 3 unspecified atom stereocenters. The lowest BCUT2D eigenvalue weighted by Crippen LogP contribution is -2.30. The third-order valence-corrected chi connectivity index (χ3v) is 20.6. The molecule has 0 aliphatic rings. The summed E-state index contributed by atoms with van der Waals surface area (Å²) in [7, 11) is -9.92. The van der Waals surface area contributed by atoms with Crippen LogP contribution in [0.2, 0.25) is 0 Å². The van der Waals surface area contributed by atoms with E-state index in [0.29, 0.717) is 25.7 Å². The van der Waals surface area contributed by atoms with Crippen molar-refractivity contribution in [2.45, 2.75) is 426 Å². The molecule has 0 aliphatic heterocycles. The molecule has 17 nitrogen and oxygen atoms in total. The van der Waals surface area contributed by atoms with E-state index < -0.39 is 97.5 Å². The zero-order valence-corrected chi connectivity index (χ0v) is 66.0. The second kappa shape index (κ2) is 69.4. The van der Waals surface area contributed by atoms with E-state index in [2.05, 4.69) is 48.5 Å². The summed E-state index contributed by atoms with van der Waals surface area (Å²) in [5.74, 6) is 0.292. The second-order valence-corrected chi connectivity index (χ2v) is 32.6. The van der Waals surface area contributed by atoms with Crippen LogP contribution in [0.25, 0.3) is 0 Å². The summed E-state index contributed by atoms with van der Waals surface area (Å²) >= 11 is 0. The van der Waals surface area contributed by atoms with Crippen LogP contribution in [0.15, 0.2) is 0 Å². The van der Waals surface area contributed by atoms with Crippen molar-refractivity contribution in [2.24, 2.45) is 17.8 Å². The van der Waals surface area contributed by atoms with E-state index in [4.69, 9.17) is 37.0 Å². The van der Waals surface area contributed by atoms with Crippen LogP contribution < -0.4 is 0 Å². The fourth-order valence-corrected chi connectivity index (χ4v) is 13.7. The number of phosphoric acid groups is 2. The molecule has 3 N–H and O–H groups in total. The number of hydrogen-bond donors (Lipinski definition) is 3. The van der Waals surface area contributed by atoms with Gasteiger partial charge in [0, 0.05) is 25.7 Å². The number of unbranched alkanes of at least 4 members (excludes halogenated alkanes) is 44. The zero-order chi connectivity index (χ0) is 72.3. The standard InChI is InChI=1S/C79H154O17P2/c1-8-10-11-12-13-14-32-39-46-53-60-76(81)89-66-74(95-79(84)63-56-49-42-35-28-22-20-24-30-37-44-51-58-71(5)6)68-93-97(85,86)91-64-73(80)65-92-98(87,88)94-69-75(67-90-77(82)61-54-47-40-33-26-21-19-23-29-36-43-50-57-70(3)4)96-78(83)62-55-48-41-34-27-18-16-15-17-25-31-38-45-52-59-72(7)9-2/h70-75,80H,8-69H2,1-7H3,(H,85,86)(H,87,88)/t72?,73-,74+,75+/m0/s1. The van der Waals surface area contributed by atoms with Crippen LogP contribution in [0.1, 0.15) is 408 Å². The van der Waals surface area contributed by atoms with Gasteiger partial charge in [0.25, 0.3) is 0 Å². The minimum absolute atomic E-state index is 0.107. The van der Waals surface area contributed by atoms with Gasteiger partial charge in [0.15, 0.2) is 12.2 Å². The predicted octanol–water partition coefficient (Wildman–Crippen LogP) is 23.4. The molecule has 582 valence electrons. The van der Waals surface area contributed by atoms with E-state index in [1.807, 2.05) is 0 Å². The van der Waals surface area contributed by atoms with Gasteiger partial charge >= 0.3 is 39.5 Å². The summed E-state index contributed by atoms with van der Waals surface area (Å²) < 4.78 is 68.7. The fraction of sp³-hybridized carbons (Fsp3) is 0.949. The van der Waals surface area contributed by atoms with Crippen LogP contribution in [0, 0.1) is 17.8 Å². The highest BCUT2D eigenvalue weighted by Crippen LogP contribution is 2.45. The summed E-state index contributed by atoms with van der Waals surface area (Å²) in [5.41, 5.74) is 0. The number of carbonyl (C=O) groups excluding carboxylic acids is 4. The highest BCUT2D eigenvalue weighted by Gasteiger charge is 2.30. The largest absolute Gasteiger partial charge is 0.472 e. The van der Waals surface area contributed by atoms with Crippen molar-refractivity contribution in [3.8, 4) is 0 Å². The maximum absolute atomic E-state index is 13.1. The van der Waals surface area contributed by atoms with Crippen molar-refractivity contribution >= 4 is 39.5 Å². The SMILES string of the molecule is CCCCCCCCCCCCC(=O)OC[C@H](COP(=O)(O)OC[C@H](O)COP(=O)(O)OC[C@@H](COC(=O)CCCCCCCCCCCCCCC(C)C)OC(=O)CCCCCCCCCCCCCCCCC(C)CC)OC(=O)CCCCCCCCCCCCCCC(C)C. The van der Waals surface area contributed by atoms with Gasteiger partial charge in [0.1, 0.15) is 19.3 Å². The molecular weight excluding hydrogens is 1280 g/mol. The molecule has 0 aromatic carbocycles. The molecule has 0 radical (unpaired) electrons. The van der Waals surface area contributed by atoms with Gasteiger partial charge in [-0.2, -0.15) is 0 Å². The quantitative estimate of drug-likeness (QED) is 0.0222. The molecule has 98 heavy (non-hydrogen) atoms. The topological polar surface area (TPSA) is 237 Å². The Kier molecular flexibility index (Phi) is 68.1. The van der Waals surface area contributed by atoms with Gasteiger partial charge in [-0.1, -0.05) is 357 Å². The number of hydrogen-bond acceptors (Lipinski definition) is 15. The molecular formula is C79H154O17P2. The second-order valence-electron chi connectivity index (χ2n) is 29.6. The zero-order valence-electron chi connectivity index (χ0n) is 64.3. The smallest absolute Gasteiger partial charge is 0.462 e. The number of ether oxygens (including phenoxy) is 4. The van der Waals surface area contributed by atoms with Crippen molar-refractivity contribution in [3.63, 3.8) is 0 Å². The Bertz CT molecular complexity index is 1910. The van der Waals surface area contributed by atoms with Crippen LogP contribution in [0.5, 0.6) is 0 Å². The third-order valence-electron chi connectivity index (χ3n) is 18.7. The predicted molar refractivity (Wildman–Crippen MR) is 400 cm³/mol. The molecule has 6 atom stereocenters. The molecule has 19 heteroatoms. The lowest BCUT2D eigenvalue weighted by molar-refractivity contribution is -0.161. The molecule has 0 saturated carbocycles. The number of phosphoric ester groups is 2. The minimum Gasteiger partial charge on any atom is -0.462 e. The summed E-state index contributed by atoms with van der Waals surface area (Å²) in [5, 5.41) is 10.6. The highest BCUT2D eigenvalue weighted by molar-refractivity contribution is 7.47. The fourth-order valence-electron chi connectivity index (χ4n) is 12.1. The van der Waals surface area contributed by atoms with Gasteiger partial charge in [-0.25, -0.2) is 9.13 Å². The van der Waals surface area contributed by atoms with E-state index >= 15 is 0 Å². The molecule has 0 bridgehead atoms. The molecule has 0 saturated heterocycles. The summed E-state index contributed by atoms with van der Waals surface area (Å²) in [4.78, 5) is 72.9. The number of aliphatic hydroxyl groups is 1. The van der Waals surface area contributed by atoms with Crippen LogP contribution >= 0.6 is 15.6 Å². The van der Waals surface area contributed by atoms with E-state index in [9.17, 15) is 43.2 Å². The molecule has 0 aromatic rings. The average molecular weight is 1440 g/mol. The molecule has 0 spiro atoms. The molecule has 0 fully saturated rings. The van der Waals surface area contributed by atoms with Crippen molar-refractivity contribution in [2.75, 3.05) is 39.6 Å². The third kappa shape index (κ3) is 71.1. The number of carbonyl (C=O) groups is 4. The normalized spacial score (nSPS) is 14.3. The van der Waals surface area contributed by atoms with Gasteiger partial charge < -0.3 is 33.8 Å². The lowest BCUT2D eigenvalue weighted by atomic mass is 9.99. The molecule has 0 aliphatic carbocycles. The Morgan fingerprint density at radius 3 is 0.776 bits per heavy atom. The van der Waals surface area contributed by atoms with Crippen LogP contribution in [0.3, 0.4) is 0 Å². The van der Waals surface area contributed by atoms with E-state index in [-0.39, 0.29) is 25.7 Å². The van der Waals surface area contributed by atoms with Crippen LogP contribution in [0.4, 0.5) is 0 Å². The Hall–Kier alpha value is -1.94. The van der Waals surface area contributed by atoms with Crippen molar-refractivity contribution in [3.05, 3.63) is 0 Å². The van der Waals surface area contributed by atoms with E-state index in [1.54, 1.807) is 0 Å². The first kappa shape index (κ1) is 96.1. The Labute approximate surface area is 600 Å². The Morgan fingerprint density at radius 2 is 0.520 bits per heavy atom. The van der Waals surface area contributed by atoms with Crippen LogP contribution in [-0.4, -0.2) is 96.7 Å². The van der Waals surface area contributed by atoms with Gasteiger partial charge in [-0.3, -0.25) is 37.3 Å². The lowest BCUT2D eigenvalue weighted by Gasteiger charge is -2.21. The van der Waals surface area contributed by atoms with Crippen molar-refractivity contribution in [1.29, 1.82) is 0 Å². The first-order valence-corrected chi connectivity index (χ1v) is 43.9. The highest BCUT2D eigenvalue weighted by atomic mass is 31.2.